The molecule has 0 spiro atoms. The van der Waals surface area contributed by atoms with Crippen LogP contribution in [-0.4, -0.2) is 59.2 Å². The molecule has 188 valence electrons. The molecule has 1 aliphatic carbocycles. The number of β-lactam (4-membered cyclic amide) rings is 1. The molecule has 0 radical (unpaired) electrons. The Bertz CT molecular complexity index is 1180. The van der Waals surface area contributed by atoms with Crippen molar-refractivity contribution in [3.8, 4) is 5.75 Å². The summed E-state index contributed by atoms with van der Waals surface area (Å²) in [5, 5.41) is 2.45. The van der Waals surface area contributed by atoms with Crippen LogP contribution >= 0.6 is 11.8 Å². The van der Waals surface area contributed by atoms with Gasteiger partial charge in [-0.2, -0.15) is 0 Å². The Morgan fingerprint density at radius 3 is 2.53 bits per heavy atom. The summed E-state index contributed by atoms with van der Waals surface area (Å²) in [5.74, 6) is -0.342. The minimum atomic E-state index is -0.694. The molecule has 36 heavy (non-hydrogen) atoms. The van der Waals surface area contributed by atoms with E-state index in [2.05, 4.69) is 5.32 Å². The second kappa shape index (κ2) is 10.4. The Kier molecular flexibility index (Phi) is 7.02. The third-order valence-corrected chi connectivity index (χ3v) is 8.25. The van der Waals surface area contributed by atoms with Crippen molar-refractivity contribution in [2.24, 2.45) is 0 Å². The van der Waals surface area contributed by atoms with Gasteiger partial charge >= 0.3 is 5.97 Å². The average molecular weight is 509 g/mol. The van der Waals surface area contributed by atoms with Crippen LogP contribution in [0.1, 0.15) is 24.5 Å². The van der Waals surface area contributed by atoms with E-state index in [1.807, 2.05) is 49.4 Å². The van der Waals surface area contributed by atoms with Gasteiger partial charge in [-0.15, -0.1) is 11.8 Å². The molecule has 5 rings (SSSR count). The summed E-state index contributed by atoms with van der Waals surface area (Å²) in [6.45, 7) is 2.58. The lowest BCUT2D eigenvalue weighted by Crippen LogP contribution is -2.72. The lowest BCUT2D eigenvalue weighted by atomic mass is 9.84. The number of hydrogen-bond donors (Lipinski definition) is 1. The summed E-state index contributed by atoms with van der Waals surface area (Å²) >= 11 is 1.56. The van der Waals surface area contributed by atoms with Crippen molar-refractivity contribution in [3.63, 3.8) is 0 Å². The first-order valence-electron chi connectivity index (χ1n) is 12.0. The van der Waals surface area contributed by atoms with Gasteiger partial charge in [0.05, 0.1) is 24.9 Å². The summed E-state index contributed by atoms with van der Waals surface area (Å²) in [5.41, 5.74) is 2.86. The van der Waals surface area contributed by atoms with Gasteiger partial charge in [0.1, 0.15) is 29.5 Å². The normalized spacial score (nSPS) is 24.2. The molecule has 4 atom stereocenters. The van der Waals surface area contributed by atoms with Crippen LogP contribution in [0.15, 0.2) is 65.9 Å². The number of nitrogens with zero attached hydrogens (tertiary/aromatic N) is 1. The van der Waals surface area contributed by atoms with Gasteiger partial charge in [0.15, 0.2) is 0 Å². The molecule has 1 N–H and O–H groups in total. The van der Waals surface area contributed by atoms with Crippen molar-refractivity contribution in [1.82, 2.24) is 10.2 Å². The Morgan fingerprint density at radius 1 is 1.08 bits per heavy atom. The first-order valence-corrected chi connectivity index (χ1v) is 12.9. The maximum atomic E-state index is 13.2. The molecule has 2 aromatic rings. The first kappa shape index (κ1) is 24.4. The van der Waals surface area contributed by atoms with Gasteiger partial charge in [-0.25, -0.2) is 4.79 Å². The zero-order valence-electron chi connectivity index (χ0n) is 20.1. The maximum absolute atomic E-state index is 13.2. The van der Waals surface area contributed by atoms with Crippen LogP contribution in [0.3, 0.4) is 0 Å². The minimum Gasteiger partial charge on any atom is -0.497 e. The van der Waals surface area contributed by atoms with E-state index < -0.39 is 12.0 Å². The van der Waals surface area contributed by atoms with Gasteiger partial charge in [-0.1, -0.05) is 42.5 Å². The summed E-state index contributed by atoms with van der Waals surface area (Å²) in [6.07, 6.45) is 0.739. The van der Waals surface area contributed by atoms with Gasteiger partial charge in [-0.05, 0) is 42.2 Å². The number of hydrogen-bond acceptors (Lipinski definition) is 7. The van der Waals surface area contributed by atoms with Crippen molar-refractivity contribution < 1.29 is 28.6 Å². The quantitative estimate of drug-likeness (QED) is 0.411. The zero-order chi connectivity index (χ0) is 25.2. The van der Waals surface area contributed by atoms with E-state index >= 15 is 0 Å². The number of methoxy groups -OCH3 is 1. The van der Waals surface area contributed by atoms with Crippen molar-refractivity contribution >= 4 is 29.5 Å². The maximum Gasteiger partial charge on any atom is 0.355 e. The van der Waals surface area contributed by atoms with Gasteiger partial charge in [0, 0.05) is 6.61 Å². The van der Waals surface area contributed by atoms with Crippen LogP contribution in [0.25, 0.3) is 0 Å². The molecular formula is C27H28N2O6S. The fraction of sp³-hybridized carbons (Fsp3) is 0.370. The van der Waals surface area contributed by atoms with Crippen LogP contribution in [0.4, 0.5) is 0 Å². The largest absolute Gasteiger partial charge is 0.497 e. The highest BCUT2D eigenvalue weighted by atomic mass is 32.2. The van der Waals surface area contributed by atoms with E-state index in [9.17, 15) is 14.4 Å². The third kappa shape index (κ3) is 4.60. The fourth-order valence-corrected chi connectivity index (χ4v) is 6.41. The molecule has 9 heteroatoms. The SMILES string of the molecule is CCO[C@H]1CC2=C(C(=O)OCc3ccc(OC)cc3)N3C(=O)[C@@H](NC(=O)Cc4ccccc4)[C@H]3S[C@H]21. The van der Waals surface area contributed by atoms with Crippen molar-refractivity contribution in [2.45, 2.75) is 49.1 Å². The first-order chi connectivity index (χ1) is 17.5. The Balaban J connectivity index is 1.29. The van der Waals surface area contributed by atoms with Crippen LogP contribution < -0.4 is 10.1 Å². The highest BCUT2D eigenvalue weighted by Crippen LogP contribution is 2.53. The van der Waals surface area contributed by atoms with Gasteiger partial charge < -0.3 is 19.5 Å². The molecule has 2 heterocycles. The molecule has 1 saturated carbocycles. The molecule has 0 unspecified atom stereocenters. The van der Waals surface area contributed by atoms with Crippen molar-refractivity contribution in [3.05, 3.63) is 77.0 Å². The Labute approximate surface area is 214 Å². The molecular weight excluding hydrogens is 480 g/mol. The summed E-state index contributed by atoms with van der Waals surface area (Å²) in [6, 6.07) is 15.9. The van der Waals surface area contributed by atoms with E-state index in [0.717, 1.165) is 16.7 Å². The number of carbonyl (C=O) groups is 3. The van der Waals surface area contributed by atoms with E-state index in [-0.39, 0.29) is 41.6 Å². The molecule has 8 nitrogen and oxygen atoms in total. The number of amides is 2. The summed E-state index contributed by atoms with van der Waals surface area (Å²) < 4.78 is 16.6. The van der Waals surface area contributed by atoms with Crippen molar-refractivity contribution in [2.75, 3.05) is 13.7 Å². The van der Waals surface area contributed by atoms with Crippen molar-refractivity contribution in [1.29, 1.82) is 0 Å². The number of ether oxygens (including phenoxy) is 3. The van der Waals surface area contributed by atoms with E-state index in [1.54, 1.807) is 31.0 Å². The number of rotatable bonds is 9. The smallest absolute Gasteiger partial charge is 0.355 e. The predicted molar refractivity (Wildman–Crippen MR) is 134 cm³/mol. The standard InChI is InChI=1S/C27H28N2O6S/c1-3-34-20-14-19-23(27(32)35-15-17-9-11-18(33-2)12-10-17)29-25(31)22(26(29)36-24(19)20)28-21(30)13-16-7-5-4-6-8-16/h4-12,20,22,24,26H,3,13-15H2,1-2H3,(H,28,30)/t20-,22+,24+,26+/m0/s1. The zero-order valence-corrected chi connectivity index (χ0v) is 21.0. The van der Waals surface area contributed by atoms with Crippen LogP contribution in [0, 0.1) is 0 Å². The highest BCUT2D eigenvalue weighted by molar-refractivity contribution is 8.01. The molecule has 2 fully saturated rings. The molecule has 2 aliphatic heterocycles. The number of thioether (sulfide) groups is 1. The van der Waals surface area contributed by atoms with E-state index in [4.69, 9.17) is 14.2 Å². The number of fused-ring (bicyclic) bond motifs is 2. The van der Waals surface area contributed by atoms with Crippen LogP contribution in [-0.2, 0) is 36.9 Å². The molecule has 1 saturated heterocycles. The van der Waals surface area contributed by atoms with E-state index in [1.165, 1.54) is 4.90 Å². The topological polar surface area (TPSA) is 94.2 Å². The second-order valence-corrected chi connectivity index (χ2v) is 10.1. The lowest BCUT2D eigenvalue weighted by molar-refractivity contribution is -0.154. The second-order valence-electron chi connectivity index (χ2n) is 8.86. The predicted octanol–water partition coefficient (Wildman–Crippen LogP) is 2.81. The Hall–Kier alpha value is -3.30. The fourth-order valence-electron chi connectivity index (χ4n) is 4.72. The summed E-state index contributed by atoms with van der Waals surface area (Å²) in [4.78, 5) is 40.5. The number of benzene rings is 2. The molecule has 0 aromatic heterocycles. The minimum absolute atomic E-state index is 0.0297. The van der Waals surface area contributed by atoms with Gasteiger partial charge in [-0.3, -0.25) is 14.5 Å². The van der Waals surface area contributed by atoms with E-state index in [0.29, 0.717) is 24.5 Å². The van der Waals surface area contributed by atoms with Gasteiger partial charge in [0.2, 0.25) is 5.91 Å². The molecule has 0 bridgehead atoms. The van der Waals surface area contributed by atoms with Gasteiger partial charge in [0.25, 0.3) is 5.91 Å². The lowest BCUT2D eigenvalue weighted by Gasteiger charge is -2.56. The van der Waals surface area contributed by atoms with Crippen LogP contribution in [0.2, 0.25) is 0 Å². The number of carbonyl (C=O) groups excluding carboxylic acids is 3. The number of esters is 1. The number of nitrogens with one attached hydrogen (secondary N) is 1. The third-order valence-electron chi connectivity index (χ3n) is 6.60. The average Bonchev–Trinajstić information content (AvgIpc) is 2.89. The van der Waals surface area contributed by atoms with Crippen LogP contribution in [0.5, 0.6) is 5.75 Å². The summed E-state index contributed by atoms with van der Waals surface area (Å²) in [7, 11) is 1.59. The molecule has 2 amide bonds. The molecule has 3 aliphatic rings. The Morgan fingerprint density at radius 2 is 1.83 bits per heavy atom. The molecule has 2 aromatic carbocycles. The monoisotopic (exact) mass is 508 g/mol. The highest BCUT2D eigenvalue weighted by Gasteiger charge is 2.60.